The van der Waals surface area contributed by atoms with Crippen LogP contribution < -0.4 is 0 Å². The summed E-state index contributed by atoms with van der Waals surface area (Å²) in [6.45, 7) is 2.15. The molecule has 1 N–H and O–H groups in total. The van der Waals surface area contributed by atoms with Crippen LogP contribution in [0.4, 0.5) is 0 Å². The van der Waals surface area contributed by atoms with Crippen molar-refractivity contribution in [2.24, 2.45) is 12.5 Å². The first-order valence-electron chi connectivity index (χ1n) is 7.75. The first-order chi connectivity index (χ1) is 10.6. The zero-order chi connectivity index (χ0) is 15.7. The van der Waals surface area contributed by atoms with Gasteiger partial charge in [-0.05, 0) is 25.3 Å². The summed E-state index contributed by atoms with van der Waals surface area (Å²) >= 11 is 0. The lowest BCUT2D eigenvalue weighted by molar-refractivity contribution is -0.146. The molecule has 120 valence electrons. The minimum atomic E-state index is -0.457. The fourth-order valence-electron chi connectivity index (χ4n) is 3.66. The van der Waals surface area contributed by atoms with Gasteiger partial charge in [-0.1, -0.05) is 0 Å². The highest BCUT2D eigenvalue weighted by Gasteiger charge is 2.49. The van der Waals surface area contributed by atoms with Crippen LogP contribution in [-0.4, -0.2) is 69.3 Å². The molecule has 0 radical (unpaired) electrons. The van der Waals surface area contributed by atoms with Crippen molar-refractivity contribution in [2.45, 2.75) is 19.3 Å². The number of aromatic nitrogens is 2. The Morgan fingerprint density at radius 1 is 1.41 bits per heavy atom. The Bertz CT molecular complexity index is 583. The number of aliphatic hydroxyl groups excluding tert-OH is 1. The number of likely N-dealkylation sites (tertiary alicyclic amines) is 2. The van der Waals surface area contributed by atoms with Crippen LogP contribution in [0.2, 0.25) is 0 Å². The first kappa shape index (κ1) is 15.0. The van der Waals surface area contributed by atoms with E-state index in [1.807, 2.05) is 0 Å². The highest BCUT2D eigenvalue weighted by atomic mass is 16.3. The number of aryl methyl sites for hydroxylation is 1. The maximum atomic E-state index is 12.7. The van der Waals surface area contributed by atoms with Gasteiger partial charge in [0.2, 0.25) is 5.91 Å². The van der Waals surface area contributed by atoms with Crippen molar-refractivity contribution >= 4 is 11.8 Å². The Labute approximate surface area is 129 Å². The molecule has 7 heteroatoms. The summed E-state index contributed by atoms with van der Waals surface area (Å²) in [7, 11) is 1.74. The molecule has 2 amide bonds. The number of carbonyl (C=O) groups is 2. The molecule has 2 aliphatic heterocycles. The van der Waals surface area contributed by atoms with Crippen LogP contribution in [0.5, 0.6) is 0 Å². The zero-order valence-corrected chi connectivity index (χ0v) is 12.9. The van der Waals surface area contributed by atoms with E-state index in [-0.39, 0.29) is 18.4 Å². The van der Waals surface area contributed by atoms with Gasteiger partial charge in [0.1, 0.15) is 5.69 Å². The number of amides is 2. The number of nitrogens with zero attached hydrogens (tertiary/aromatic N) is 4. The predicted octanol–water partition coefficient (Wildman–Crippen LogP) is -0.133. The van der Waals surface area contributed by atoms with Gasteiger partial charge < -0.3 is 14.9 Å². The monoisotopic (exact) mass is 306 g/mol. The van der Waals surface area contributed by atoms with Gasteiger partial charge in [0.25, 0.3) is 5.91 Å². The molecular formula is C15H22N4O3. The Morgan fingerprint density at radius 2 is 2.23 bits per heavy atom. The molecule has 0 bridgehead atoms. The quantitative estimate of drug-likeness (QED) is 0.843. The summed E-state index contributed by atoms with van der Waals surface area (Å²) in [6, 6.07) is 1.70. The third-order valence-corrected chi connectivity index (χ3v) is 4.88. The number of piperidine rings is 1. The second-order valence-electron chi connectivity index (χ2n) is 6.22. The molecule has 1 unspecified atom stereocenters. The van der Waals surface area contributed by atoms with Crippen LogP contribution in [0.3, 0.4) is 0 Å². The molecule has 0 saturated carbocycles. The van der Waals surface area contributed by atoms with Gasteiger partial charge in [0.05, 0.1) is 12.0 Å². The number of hydrogen-bond donors (Lipinski definition) is 1. The Hall–Kier alpha value is -1.89. The fraction of sp³-hybridized carbons (Fsp3) is 0.667. The summed E-state index contributed by atoms with van der Waals surface area (Å²) in [5.74, 6) is 0.0251. The predicted molar refractivity (Wildman–Crippen MR) is 79.1 cm³/mol. The SMILES string of the molecule is Cn1nccc1C(=O)N1CCC2(CCCN(CCO)C2=O)C1. The number of carbonyl (C=O) groups excluding carboxylic acids is 2. The van der Waals surface area contributed by atoms with E-state index in [1.54, 1.807) is 33.8 Å². The molecule has 2 fully saturated rings. The van der Waals surface area contributed by atoms with Gasteiger partial charge in [0.15, 0.2) is 0 Å². The molecule has 1 aromatic rings. The topological polar surface area (TPSA) is 78.7 Å². The molecule has 0 aromatic carbocycles. The van der Waals surface area contributed by atoms with E-state index < -0.39 is 5.41 Å². The zero-order valence-electron chi connectivity index (χ0n) is 12.9. The van der Waals surface area contributed by atoms with Gasteiger partial charge in [0, 0.05) is 39.4 Å². The maximum Gasteiger partial charge on any atom is 0.272 e. The number of hydrogen-bond acceptors (Lipinski definition) is 4. The average Bonchev–Trinajstić information content (AvgIpc) is 3.11. The largest absolute Gasteiger partial charge is 0.395 e. The molecule has 1 atom stereocenters. The number of β-amino-alcohol motifs (C(OH)–C–C–N with tert-alkyl or cyclic N) is 1. The third-order valence-electron chi connectivity index (χ3n) is 4.88. The van der Waals surface area contributed by atoms with Crippen molar-refractivity contribution in [3.05, 3.63) is 18.0 Å². The van der Waals surface area contributed by atoms with E-state index >= 15 is 0 Å². The third kappa shape index (κ3) is 2.39. The molecule has 3 heterocycles. The summed E-state index contributed by atoms with van der Waals surface area (Å²) in [5.41, 5.74) is 0.0920. The lowest BCUT2D eigenvalue weighted by Gasteiger charge is -2.39. The van der Waals surface area contributed by atoms with Crippen molar-refractivity contribution in [1.82, 2.24) is 19.6 Å². The highest BCUT2D eigenvalue weighted by molar-refractivity contribution is 5.94. The highest BCUT2D eigenvalue weighted by Crippen LogP contribution is 2.40. The van der Waals surface area contributed by atoms with E-state index in [0.29, 0.717) is 38.3 Å². The molecule has 0 aliphatic carbocycles. The van der Waals surface area contributed by atoms with Gasteiger partial charge >= 0.3 is 0 Å². The van der Waals surface area contributed by atoms with Gasteiger partial charge in [-0.15, -0.1) is 0 Å². The van der Waals surface area contributed by atoms with Crippen molar-refractivity contribution in [3.63, 3.8) is 0 Å². The van der Waals surface area contributed by atoms with Crippen molar-refractivity contribution in [3.8, 4) is 0 Å². The molecule has 22 heavy (non-hydrogen) atoms. The van der Waals surface area contributed by atoms with E-state index in [2.05, 4.69) is 5.10 Å². The van der Waals surface area contributed by atoms with Crippen molar-refractivity contribution < 1.29 is 14.7 Å². The van der Waals surface area contributed by atoms with Crippen LogP contribution >= 0.6 is 0 Å². The maximum absolute atomic E-state index is 12.7. The van der Waals surface area contributed by atoms with E-state index in [9.17, 15) is 9.59 Å². The van der Waals surface area contributed by atoms with E-state index in [4.69, 9.17) is 5.11 Å². The molecule has 1 spiro atoms. The molecule has 7 nitrogen and oxygen atoms in total. The fourth-order valence-corrected chi connectivity index (χ4v) is 3.66. The average molecular weight is 306 g/mol. The van der Waals surface area contributed by atoms with Crippen molar-refractivity contribution in [2.75, 3.05) is 32.8 Å². The Morgan fingerprint density at radius 3 is 2.91 bits per heavy atom. The molecule has 3 rings (SSSR count). The summed E-state index contributed by atoms with van der Waals surface area (Å²) in [6.07, 6.45) is 4.06. The van der Waals surface area contributed by atoms with E-state index in [1.165, 1.54) is 0 Å². The van der Waals surface area contributed by atoms with Gasteiger partial charge in [-0.25, -0.2) is 0 Å². The van der Waals surface area contributed by atoms with Crippen LogP contribution in [0, 0.1) is 5.41 Å². The summed E-state index contributed by atoms with van der Waals surface area (Å²) in [4.78, 5) is 28.8. The Kier molecular flexibility index (Phi) is 3.90. The van der Waals surface area contributed by atoms with Gasteiger partial charge in [-0.2, -0.15) is 5.10 Å². The first-order valence-corrected chi connectivity index (χ1v) is 7.75. The normalized spacial score (nSPS) is 25.3. The second-order valence-corrected chi connectivity index (χ2v) is 6.22. The lowest BCUT2D eigenvalue weighted by Crippen LogP contribution is -2.51. The lowest BCUT2D eigenvalue weighted by atomic mass is 9.78. The van der Waals surface area contributed by atoms with Crippen LogP contribution in [0.15, 0.2) is 12.3 Å². The molecule has 2 aliphatic rings. The molecular weight excluding hydrogens is 284 g/mol. The summed E-state index contributed by atoms with van der Waals surface area (Å²) < 4.78 is 1.56. The summed E-state index contributed by atoms with van der Waals surface area (Å²) in [5, 5.41) is 13.1. The minimum absolute atomic E-state index is 0.0144. The second kappa shape index (κ2) is 5.72. The molecule has 1 aromatic heterocycles. The van der Waals surface area contributed by atoms with Crippen LogP contribution in [-0.2, 0) is 11.8 Å². The van der Waals surface area contributed by atoms with Crippen molar-refractivity contribution in [1.29, 1.82) is 0 Å². The smallest absolute Gasteiger partial charge is 0.272 e. The number of rotatable bonds is 3. The number of aliphatic hydroxyl groups is 1. The van der Waals surface area contributed by atoms with Crippen LogP contribution in [0.25, 0.3) is 0 Å². The molecule has 2 saturated heterocycles. The standard InChI is InChI=1S/C15H22N4O3/c1-17-12(3-6-16-17)13(21)19-8-5-15(11-19)4-2-7-18(9-10-20)14(15)22/h3,6,20H,2,4-5,7-11H2,1H3. The van der Waals surface area contributed by atoms with Crippen LogP contribution in [0.1, 0.15) is 29.8 Å². The van der Waals surface area contributed by atoms with Gasteiger partial charge in [-0.3, -0.25) is 14.3 Å². The minimum Gasteiger partial charge on any atom is -0.395 e. The van der Waals surface area contributed by atoms with E-state index in [0.717, 1.165) is 12.8 Å². The Balaban J connectivity index is 1.75.